The van der Waals surface area contributed by atoms with Gasteiger partial charge in [0.05, 0.1) is 12.2 Å². The van der Waals surface area contributed by atoms with Crippen LogP contribution in [0, 0.1) is 6.92 Å². The van der Waals surface area contributed by atoms with E-state index in [4.69, 9.17) is 4.74 Å². The second-order valence-corrected chi connectivity index (χ2v) is 7.16. The number of anilines is 1. The van der Waals surface area contributed by atoms with Crippen molar-refractivity contribution in [2.75, 3.05) is 18.5 Å². The van der Waals surface area contributed by atoms with Gasteiger partial charge in [-0.25, -0.2) is 15.0 Å². The first-order valence-corrected chi connectivity index (χ1v) is 9.78. The summed E-state index contributed by atoms with van der Waals surface area (Å²) in [5.41, 5.74) is 0.0601. The largest absolute Gasteiger partial charge is 0.491 e. The van der Waals surface area contributed by atoms with Gasteiger partial charge in [0.25, 0.3) is 5.91 Å². The van der Waals surface area contributed by atoms with Crippen molar-refractivity contribution >= 4 is 11.9 Å². The van der Waals surface area contributed by atoms with Crippen LogP contribution in [0.4, 0.5) is 19.1 Å². The summed E-state index contributed by atoms with van der Waals surface area (Å²) in [5.74, 6) is 0.286. The van der Waals surface area contributed by atoms with Crippen LogP contribution in [0.25, 0.3) is 0 Å². The number of carbonyl (C=O) groups is 1. The van der Waals surface area contributed by atoms with Gasteiger partial charge in [0.15, 0.2) is 11.4 Å². The summed E-state index contributed by atoms with van der Waals surface area (Å²) in [6, 6.07) is 3.07. The number of likely N-dealkylation sites (tertiary alicyclic amines) is 1. The molecule has 1 fully saturated rings. The van der Waals surface area contributed by atoms with Crippen LogP contribution in [0.3, 0.4) is 0 Å². The number of ether oxygens (including phenoxy) is 1. The van der Waals surface area contributed by atoms with Crippen LogP contribution < -0.4 is 10.1 Å². The molecule has 2 atom stereocenters. The van der Waals surface area contributed by atoms with Crippen molar-refractivity contribution in [3.05, 3.63) is 41.5 Å². The fraction of sp³-hybridized carbons (Fsp3) is 0.500. The summed E-state index contributed by atoms with van der Waals surface area (Å²) < 4.78 is 43.7. The first kappa shape index (κ1) is 21.8. The second kappa shape index (κ2) is 8.85. The predicted octanol–water partition coefficient (Wildman–Crippen LogP) is 3.70. The summed E-state index contributed by atoms with van der Waals surface area (Å²) in [5, 5.41) is 3.06. The maximum Gasteiger partial charge on any atom is 0.419 e. The lowest BCUT2D eigenvalue weighted by atomic mass is 9.97. The zero-order chi connectivity index (χ0) is 21.9. The molecule has 3 rings (SSSR count). The number of alkyl halides is 3. The molecule has 162 valence electrons. The van der Waals surface area contributed by atoms with E-state index in [1.54, 1.807) is 24.0 Å². The highest BCUT2D eigenvalue weighted by atomic mass is 19.4. The topological polar surface area (TPSA) is 80.2 Å². The van der Waals surface area contributed by atoms with E-state index in [1.165, 1.54) is 0 Å². The lowest BCUT2D eigenvalue weighted by Gasteiger charge is -2.39. The van der Waals surface area contributed by atoms with Gasteiger partial charge < -0.3 is 15.0 Å². The summed E-state index contributed by atoms with van der Waals surface area (Å²) in [7, 11) is 0. The van der Waals surface area contributed by atoms with Gasteiger partial charge in [0.1, 0.15) is 0 Å². The number of nitrogens with one attached hydrogen (secondary N) is 1. The van der Waals surface area contributed by atoms with Gasteiger partial charge in [0, 0.05) is 36.7 Å². The zero-order valence-corrected chi connectivity index (χ0v) is 17.0. The fourth-order valence-corrected chi connectivity index (χ4v) is 3.44. The highest BCUT2D eigenvalue weighted by molar-refractivity contribution is 5.95. The van der Waals surface area contributed by atoms with Gasteiger partial charge in [-0.05, 0) is 45.7 Å². The lowest BCUT2D eigenvalue weighted by molar-refractivity contribution is -0.138. The number of halogens is 3. The zero-order valence-electron chi connectivity index (χ0n) is 17.0. The van der Waals surface area contributed by atoms with Crippen LogP contribution in [-0.2, 0) is 6.18 Å². The van der Waals surface area contributed by atoms with E-state index in [-0.39, 0.29) is 29.6 Å². The SMILES string of the molecule is CCOc1ccc(C)nc1C(=O)N1CCC[C@@H](Nc2ncc(C(F)(F)F)cn2)[C@@H]1C. The Morgan fingerprint density at radius 2 is 2.00 bits per heavy atom. The number of carbonyl (C=O) groups excluding carboxylic acids is 1. The summed E-state index contributed by atoms with van der Waals surface area (Å²) in [6.07, 6.45) is -1.54. The second-order valence-electron chi connectivity index (χ2n) is 7.16. The molecule has 3 heterocycles. The van der Waals surface area contributed by atoms with Crippen molar-refractivity contribution in [2.24, 2.45) is 0 Å². The Morgan fingerprint density at radius 1 is 1.30 bits per heavy atom. The number of aryl methyl sites for hydroxylation is 1. The summed E-state index contributed by atoms with van der Waals surface area (Å²) in [4.78, 5) is 26.8. The smallest absolute Gasteiger partial charge is 0.419 e. The van der Waals surface area contributed by atoms with E-state index < -0.39 is 11.7 Å². The van der Waals surface area contributed by atoms with Crippen molar-refractivity contribution in [1.82, 2.24) is 19.9 Å². The number of aromatic nitrogens is 3. The van der Waals surface area contributed by atoms with Gasteiger partial charge in [-0.3, -0.25) is 4.79 Å². The number of hydrogen-bond donors (Lipinski definition) is 1. The van der Waals surface area contributed by atoms with Crippen LogP contribution in [0.5, 0.6) is 5.75 Å². The summed E-state index contributed by atoms with van der Waals surface area (Å²) in [6.45, 7) is 6.48. The average Bonchev–Trinajstić information content (AvgIpc) is 2.70. The highest BCUT2D eigenvalue weighted by Crippen LogP contribution is 2.29. The van der Waals surface area contributed by atoms with Crippen molar-refractivity contribution in [1.29, 1.82) is 0 Å². The molecule has 1 aliphatic rings. The molecule has 30 heavy (non-hydrogen) atoms. The molecule has 1 N–H and O–H groups in total. The van der Waals surface area contributed by atoms with Gasteiger partial charge >= 0.3 is 6.18 Å². The summed E-state index contributed by atoms with van der Waals surface area (Å²) >= 11 is 0. The normalized spacial score (nSPS) is 19.5. The first-order chi connectivity index (χ1) is 14.2. The van der Waals surface area contributed by atoms with E-state index >= 15 is 0 Å². The van der Waals surface area contributed by atoms with Crippen LogP contribution in [0.1, 0.15) is 48.4 Å². The van der Waals surface area contributed by atoms with Crippen LogP contribution in [-0.4, -0.2) is 51.0 Å². The molecule has 0 bridgehead atoms. The highest BCUT2D eigenvalue weighted by Gasteiger charge is 2.35. The molecule has 0 aliphatic carbocycles. The molecule has 0 radical (unpaired) electrons. The van der Waals surface area contributed by atoms with Crippen LogP contribution >= 0.6 is 0 Å². The van der Waals surface area contributed by atoms with E-state index in [0.29, 0.717) is 24.6 Å². The number of piperidine rings is 1. The minimum atomic E-state index is -4.49. The number of pyridine rings is 1. The number of hydrogen-bond acceptors (Lipinski definition) is 6. The minimum absolute atomic E-state index is 0.0952. The average molecular weight is 423 g/mol. The lowest BCUT2D eigenvalue weighted by Crippen LogP contribution is -2.52. The van der Waals surface area contributed by atoms with E-state index in [2.05, 4.69) is 20.3 Å². The molecule has 0 unspecified atom stereocenters. The fourth-order valence-electron chi connectivity index (χ4n) is 3.44. The molecule has 1 aliphatic heterocycles. The Labute approximate surface area is 172 Å². The van der Waals surface area contributed by atoms with Crippen molar-refractivity contribution < 1.29 is 22.7 Å². The molecule has 1 saturated heterocycles. The Bertz CT molecular complexity index is 889. The predicted molar refractivity (Wildman–Crippen MR) is 104 cm³/mol. The van der Waals surface area contributed by atoms with E-state index in [1.807, 2.05) is 13.8 Å². The van der Waals surface area contributed by atoms with Gasteiger partial charge in [-0.1, -0.05) is 0 Å². The Balaban J connectivity index is 1.76. The standard InChI is InChI=1S/C20H24F3N5O2/c1-4-30-16-8-7-12(2)26-17(16)18(29)28-9-5-6-15(13(28)3)27-19-24-10-14(11-25-19)20(21,22)23/h7-8,10-11,13,15H,4-6,9H2,1-3H3,(H,24,25,27)/t13-,15+/m0/s1. The van der Waals surface area contributed by atoms with Crippen LogP contribution in [0.15, 0.2) is 24.5 Å². The third kappa shape index (κ3) is 4.80. The van der Waals surface area contributed by atoms with Gasteiger partial charge in [0.2, 0.25) is 5.95 Å². The maximum absolute atomic E-state index is 13.2. The van der Waals surface area contributed by atoms with Crippen molar-refractivity contribution in [2.45, 2.75) is 51.9 Å². The van der Waals surface area contributed by atoms with Gasteiger partial charge in [-0.2, -0.15) is 13.2 Å². The maximum atomic E-state index is 13.2. The molecule has 2 aromatic rings. The monoisotopic (exact) mass is 423 g/mol. The Morgan fingerprint density at radius 3 is 2.63 bits per heavy atom. The van der Waals surface area contributed by atoms with Crippen molar-refractivity contribution in [3.63, 3.8) is 0 Å². The third-order valence-electron chi connectivity index (χ3n) is 5.04. The first-order valence-electron chi connectivity index (χ1n) is 9.78. The van der Waals surface area contributed by atoms with E-state index in [0.717, 1.165) is 25.2 Å². The van der Waals surface area contributed by atoms with Crippen LogP contribution in [0.2, 0.25) is 0 Å². The molecule has 2 aromatic heterocycles. The molecule has 1 amide bonds. The molecular weight excluding hydrogens is 399 g/mol. The Hall–Kier alpha value is -2.91. The molecule has 0 spiro atoms. The third-order valence-corrected chi connectivity index (χ3v) is 5.04. The molecular formula is C20H24F3N5O2. The molecule has 0 aromatic carbocycles. The van der Waals surface area contributed by atoms with Crippen molar-refractivity contribution in [3.8, 4) is 5.75 Å². The molecule has 7 nitrogen and oxygen atoms in total. The number of rotatable bonds is 5. The quantitative estimate of drug-likeness (QED) is 0.790. The molecule has 0 saturated carbocycles. The van der Waals surface area contributed by atoms with Gasteiger partial charge in [-0.15, -0.1) is 0 Å². The number of amides is 1. The Kier molecular flexibility index (Phi) is 6.42. The molecule has 10 heteroatoms. The minimum Gasteiger partial charge on any atom is -0.491 e. The number of nitrogens with zero attached hydrogens (tertiary/aromatic N) is 4. The van der Waals surface area contributed by atoms with E-state index in [9.17, 15) is 18.0 Å².